The van der Waals surface area contributed by atoms with Crippen molar-refractivity contribution in [3.8, 4) is 0 Å². The van der Waals surface area contributed by atoms with E-state index in [-0.39, 0.29) is 18.3 Å². The Bertz CT molecular complexity index is 1080. The zero-order chi connectivity index (χ0) is 23.1. The number of hydrogen-bond donors (Lipinski definition) is 1. The highest BCUT2D eigenvalue weighted by Crippen LogP contribution is 2.30. The average molecular weight is 493 g/mol. The summed E-state index contributed by atoms with van der Waals surface area (Å²) in [7, 11) is 0. The molecule has 0 atom stereocenters. The molecular weight excluding hydrogens is 468 g/mol. The van der Waals surface area contributed by atoms with E-state index in [4.69, 9.17) is 16.3 Å². The Morgan fingerprint density at radius 3 is 2.59 bits per heavy atom. The molecule has 0 aliphatic rings. The molecule has 3 rings (SSSR count). The molecule has 0 aliphatic carbocycles. The molecule has 3 aromatic rings. The van der Waals surface area contributed by atoms with E-state index < -0.39 is 5.97 Å². The summed E-state index contributed by atoms with van der Waals surface area (Å²) in [6, 6.07) is 9.40. The van der Waals surface area contributed by atoms with E-state index in [1.54, 1.807) is 13.0 Å². The second kappa shape index (κ2) is 11.5. The molecule has 0 bridgehead atoms. The Balaban J connectivity index is 1.65. The number of thioether (sulfide) groups is 1. The van der Waals surface area contributed by atoms with Gasteiger partial charge in [0.2, 0.25) is 5.91 Å². The molecule has 0 saturated carbocycles. The van der Waals surface area contributed by atoms with Gasteiger partial charge in [0, 0.05) is 22.9 Å². The first-order chi connectivity index (χ1) is 15.4. The van der Waals surface area contributed by atoms with Crippen molar-refractivity contribution >= 4 is 51.6 Å². The quantitative estimate of drug-likeness (QED) is 0.314. The van der Waals surface area contributed by atoms with E-state index >= 15 is 0 Å². The van der Waals surface area contributed by atoms with Gasteiger partial charge in [-0.05, 0) is 44.0 Å². The van der Waals surface area contributed by atoms with Crippen LogP contribution in [0.15, 0.2) is 35.5 Å². The lowest BCUT2D eigenvalue weighted by Gasteiger charge is -2.08. The highest BCUT2D eigenvalue weighted by atomic mass is 35.5. The van der Waals surface area contributed by atoms with Crippen LogP contribution >= 0.6 is 34.7 Å². The number of carbonyl (C=O) groups is 2. The minimum absolute atomic E-state index is 0.153. The lowest BCUT2D eigenvalue weighted by molar-refractivity contribution is -0.113. The van der Waals surface area contributed by atoms with Gasteiger partial charge in [-0.3, -0.25) is 4.79 Å². The van der Waals surface area contributed by atoms with Crippen molar-refractivity contribution in [1.82, 2.24) is 14.8 Å². The molecule has 2 aromatic heterocycles. The van der Waals surface area contributed by atoms with E-state index in [1.807, 2.05) is 42.7 Å². The Kier molecular flexibility index (Phi) is 8.72. The average Bonchev–Trinajstić information content (AvgIpc) is 3.37. The van der Waals surface area contributed by atoms with E-state index in [0.29, 0.717) is 33.7 Å². The molecule has 0 unspecified atom stereocenters. The molecular formula is C22H25ClN4O3S2. The maximum absolute atomic E-state index is 12.6. The fraction of sp³-hybridized carbons (Fsp3) is 0.364. The molecule has 1 N–H and O–H groups in total. The van der Waals surface area contributed by atoms with Crippen LogP contribution in [0.1, 0.15) is 47.4 Å². The van der Waals surface area contributed by atoms with E-state index in [9.17, 15) is 9.59 Å². The number of aryl methyl sites for hydroxylation is 1. The Labute approximate surface area is 200 Å². The predicted octanol–water partition coefficient (Wildman–Crippen LogP) is 5.07. The molecule has 1 aromatic carbocycles. The summed E-state index contributed by atoms with van der Waals surface area (Å²) in [4.78, 5) is 25.8. The smallest absolute Gasteiger partial charge is 0.341 e. The van der Waals surface area contributed by atoms with Gasteiger partial charge in [-0.1, -0.05) is 42.4 Å². The third-order valence-electron chi connectivity index (χ3n) is 4.60. The Morgan fingerprint density at radius 2 is 1.94 bits per heavy atom. The predicted molar refractivity (Wildman–Crippen MR) is 129 cm³/mol. The lowest BCUT2D eigenvalue weighted by atomic mass is 10.1. The summed E-state index contributed by atoms with van der Waals surface area (Å²) in [6.07, 6.45) is 1.40. The largest absolute Gasteiger partial charge is 0.462 e. The van der Waals surface area contributed by atoms with Gasteiger partial charge in [-0.15, -0.1) is 21.5 Å². The van der Waals surface area contributed by atoms with Crippen molar-refractivity contribution in [2.24, 2.45) is 0 Å². The number of nitrogens with zero attached hydrogens (tertiary/aromatic N) is 3. The number of ether oxygens (including phenoxy) is 1. The number of aromatic nitrogens is 3. The molecule has 0 fully saturated rings. The van der Waals surface area contributed by atoms with Crippen molar-refractivity contribution in [2.75, 3.05) is 17.7 Å². The highest BCUT2D eigenvalue weighted by molar-refractivity contribution is 7.99. The fourth-order valence-corrected chi connectivity index (χ4v) is 4.97. The Morgan fingerprint density at radius 1 is 1.19 bits per heavy atom. The van der Waals surface area contributed by atoms with E-state index in [1.165, 1.54) is 23.1 Å². The number of hydrogen-bond acceptors (Lipinski definition) is 7. The molecule has 32 heavy (non-hydrogen) atoms. The standard InChI is InChI=1S/C22H25ClN4O3S2/c1-4-16-12-17(21(29)30-6-3)20(32-16)24-19(28)13-31-22-26-25-18(27(22)5-2)11-14-7-9-15(23)10-8-14/h7-10,12H,4-6,11,13H2,1-3H3,(H,24,28). The van der Waals surface area contributed by atoms with E-state index in [2.05, 4.69) is 15.5 Å². The van der Waals surface area contributed by atoms with Crippen LogP contribution in [0.3, 0.4) is 0 Å². The number of rotatable bonds is 10. The zero-order valence-electron chi connectivity index (χ0n) is 18.2. The van der Waals surface area contributed by atoms with Gasteiger partial charge >= 0.3 is 5.97 Å². The van der Waals surface area contributed by atoms with Crippen LogP contribution in [0.5, 0.6) is 0 Å². The van der Waals surface area contributed by atoms with Gasteiger partial charge in [0.1, 0.15) is 10.8 Å². The number of esters is 1. The molecule has 170 valence electrons. The van der Waals surface area contributed by atoms with Crippen LogP contribution in [0.2, 0.25) is 5.02 Å². The molecule has 0 spiro atoms. The van der Waals surface area contributed by atoms with Crippen molar-refractivity contribution < 1.29 is 14.3 Å². The van der Waals surface area contributed by atoms with E-state index in [0.717, 1.165) is 22.7 Å². The topological polar surface area (TPSA) is 86.1 Å². The number of thiophene rings is 1. The van der Waals surface area contributed by atoms with Crippen molar-refractivity contribution in [1.29, 1.82) is 0 Å². The first-order valence-corrected chi connectivity index (χ1v) is 12.5. The molecule has 1 amide bonds. The van der Waals surface area contributed by atoms with Crippen LogP contribution in [0.25, 0.3) is 0 Å². The van der Waals surface area contributed by atoms with Gasteiger partial charge in [0.05, 0.1) is 17.9 Å². The molecule has 2 heterocycles. The Hall–Kier alpha value is -2.36. The summed E-state index contributed by atoms with van der Waals surface area (Å²) in [5.41, 5.74) is 1.48. The van der Waals surface area contributed by atoms with Crippen LogP contribution in [-0.4, -0.2) is 39.0 Å². The first-order valence-electron chi connectivity index (χ1n) is 10.3. The van der Waals surface area contributed by atoms with Crippen LogP contribution in [0.4, 0.5) is 5.00 Å². The number of amides is 1. The maximum Gasteiger partial charge on any atom is 0.341 e. The van der Waals surface area contributed by atoms with Crippen LogP contribution < -0.4 is 5.32 Å². The second-order valence-corrected chi connectivity index (χ2v) is 9.33. The number of carbonyl (C=O) groups excluding carboxylic acids is 2. The number of benzene rings is 1. The fourth-order valence-electron chi connectivity index (χ4n) is 3.02. The third-order valence-corrected chi connectivity index (χ3v) is 7.01. The molecule has 0 saturated heterocycles. The van der Waals surface area contributed by atoms with Crippen molar-refractivity contribution in [3.63, 3.8) is 0 Å². The SMILES string of the molecule is CCOC(=O)c1cc(CC)sc1NC(=O)CSc1nnc(Cc2ccc(Cl)cc2)n1CC. The zero-order valence-corrected chi connectivity index (χ0v) is 20.6. The van der Waals surface area contributed by atoms with Gasteiger partial charge in [0.25, 0.3) is 0 Å². The normalized spacial score (nSPS) is 10.9. The minimum Gasteiger partial charge on any atom is -0.462 e. The summed E-state index contributed by atoms with van der Waals surface area (Å²) >= 11 is 8.67. The monoisotopic (exact) mass is 492 g/mol. The summed E-state index contributed by atoms with van der Waals surface area (Å²) < 4.78 is 7.10. The molecule has 10 heteroatoms. The summed E-state index contributed by atoms with van der Waals surface area (Å²) in [6.45, 7) is 6.75. The van der Waals surface area contributed by atoms with Crippen molar-refractivity contribution in [2.45, 2.75) is 45.3 Å². The van der Waals surface area contributed by atoms with Gasteiger partial charge in [-0.2, -0.15) is 0 Å². The maximum atomic E-state index is 12.6. The number of anilines is 1. The molecule has 0 aliphatic heterocycles. The molecule has 0 radical (unpaired) electrons. The lowest BCUT2D eigenvalue weighted by Crippen LogP contribution is -2.16. The van der Waals surface area contributed by atoms with Crippen LogP contribution in [-0.2, 0) is 28.9 Å². The second-order valence-electron chi connectivity index (χ2n) is 6.81. The number of halogens is 1. The molecule has 7 nitrogen and oxygen atoms in total. The van der Waals surface area contributed by atoms with Crippen molar-refractivity contribution in [3.05, 3.63) is 57.2 Å². The van der Waals surface area contributed by atoms with Gasteiger partial charge in [0.15, 0.2) is 5.16 Å². The number of nitrogens with one attached hydrogen (secondary N) is 1. The third kappa shape index (κ3) is 6.11. The minimum atomic E-state index is -0.427. The van der Waals surface area contributed by atoms with Gasteiger partial charge in [-0.25, -0.2) is 4.79 Å². The summed E-state index contributed by atoms with van der Waals surface area (Å²) in [5.74, 6) is 0.341. The summed E-state index contributed by atoms with van der Waals surface area (Å²) in [5, 5.41) is 13.3. The highest BCUT2D eigenvalue weighted by Gasteiger charge is 2.19. The van der Waals surface area contributed by atoms with Gasteiger partial charge < -0.3 is 14.6 Å². The first kappa shape index (κ1) is 24.3. The van der Waals surface area contributed by atoms with Crippen LogP contribution in [0, 0.1) is 0 Å².